The van der Waals surface area contributed by atoms with Crippen LogP contribution >= 0.6 is 0 Å². The molecule has 0 saturated heterocycles. The van der Waals surface area contributed by atoms with Crippen LogP contribution in [0, 0.1) is 0 Å². The second-order valence-corrected chi connectivity index (χ2v) is 7.38. The highest BCUT2D eigenvalue weighted by Crippen LogP contribution is 2.29. The quantitative estimate of drug-likeness (QED) is 0.338. The van der Waals surface area contributed by atoms with Crippen molar-refractivity contribution in [3.8, 4) is 5.75 Å². The van der Waals surface area contributed by atoms with Gasteiger partial charge in [-0.2, -0.15) is 0 Å². The van der Waals surface area contributed by atoms with Gasteiger partial charge in [0.05, 0.1) is 18.4 Å². The molecule has 0 bridgehead atoms. The molecular formula is C22H17N3O6S. The molecule has 0 aliphatic rings. The molecule has 10 heteroatoms. The van der Waals surface area contributed by atoms with E-state index in [4.69, 9.17) is 9.15 Å². The van der Waals surface area contributed by atoms with Gasteiger partial charge in [-0.15, -0.1) is 0 Å². The molecular weight excluding hydrogens is 434 g/mol. The summed E-state index contributed by atoms with van der Waals surface area (Å²) in [6, 6.07) is 17.3. The van der Waals surface area contributed by atoms with Gasteiger partial charge < -0.3 is 14.5 Å². The average Bonchev–Trinajstić information content (AvgIpc) is 2.79. The van der Waals surface area contributed by atoms with Gasteiger partial charge in [0.2, 0.25) is 0 Å². The van der Waals surface area contributed by atoms with Crippen LogP contribution in [0.2, 0.25) is 0 Å². The number of aromatic nitrogens is 1. The summed E-state index contributed by atoms with van der Waals surface area (Å²) >= 11 is -2.42. The van der Waals surface area contributed by atoms with Crippen LogP contribution in [0.3, 0.4) is 0 Å². The van der Waals surface area contributed by atoms with E-state index in [0.717, 1.165) is 4.31 Å². The van der Waals surface area contributed by atoms with Gasteiger partial charge in [0.15, 0.2) is 5.58 Å². The van der Waals surface area contributed by atoms with E-state index in [0.29, 0.717) is 22.5 Å². The first-order valence-electron chi connectivity index (χ1n) is 9.32. The molecule has 1 amide bonds. The van der Waals surface area contributed by atoms with Gasteiger partial charge in [0.1, 0.15) is 11.6 Å². The van der Waals surface area contributed by atoms with Crippen LogP contribution in [0.5, 0.6) is 5.75 Å². The van der Waals surface area contributed by atoms with Crippen molar-refractivity contribution in [2.45, 2.75) is 0 Å². The van der Waals surface area contributed by atoms with Gasteiger partial charge in [-0.1, -0.05) is 12.1 Å². The Balaban J connectivity index is 1.65. The molecule has 0 aliphatic heterocycles. The normalized spacial score (nSPS) is 11.7. The van der Waals surface area contributed by atoms with E-state index in [1.165, 1.54) is 37.6 Å². The standard InChI is InChI=1S/C22H17N3O6S/c1-30-17-8-6-16(7-9-17)25(32(28)29)19-13-15(11-12-23-19)24-22(27)18-4-2-3-14-5-10-20(26)31-21(14)18/h2-13H,1H3,(H,28,29)(H,23,24,27). The molecule has 9 nitrogen and oxygen atoms in total. The third-order valence-electron chi connectivity index (χ3n) is 4.57. The van der Waals surface area contributed by atoms with Crippen molar-refractivity contribution in [2.75, 3.05) is 16.7 Å². The molecule has 0 radical (unpaired) electrons. The summed E-state index contributed by atoms with van der Waals surface area (Å²) in [6.07, 6.45) is 1.40. The number of amides is 1. The maximum atomic E-state index is 12.9. The number of hydrogen-bond acceptors (Lipinski definition) is 6. The number of hydrogen-bond donors (Lipinski definition) is 2. The van der Waals surface area contributed by atoms with Crippen molar-refractivity contribution < 1.29 is 22.7 Å². The molecule has 1 unspecified atom stereocenters. The third kappa shape index (κ3) is 4.36. The Bertz CT molecular complexity index is 1370. The zero-order valence-electron chi connectivity index (χ0n) is 16.7. The number of nitrogens with one attached hydrogen (secondary N) is 1. The predicted molar refractivity (Wildman–Crippen MR) is 121 cm³/mol. The number of ether oxygens (including phenoxy) is 1. The van der Waals surface area contributed by atoms with Crippen molar-refractivity contribution in [3.05, 3.63) is 88.9 Å². The van der Waals surface area contributed by atoms with Gasteiger partial charge in [0, 0.05) is 29.4 Å². The Morgan fingerprint density at radius 2 is 1.91 bits per heavy atom. The second-order valence-electron chi connectivity index (χ2n) is 6.56. The minimum atomic E-state index is -2.42. The minimum Gasteiger partial charge on any atom is -0.497 e. The van der Waals surface area contributed by atoms with Crippen molar-refractivity contribution >= 4 is 45.3 Å². The first-order chi connectivity index (χ1) is 15.5. The Labute approximate surface area is 184 Å². The van der Waals surface area contributed by atoms with Crippen LogP contribution in [0.15, 0.2) is 82.1 Å². The summed E-state index contributed by atoms with van der Waals surface area (Å²) < 4.78 is 33.3. The fraction of sp³-hybridized carbons (Fsp3) is 0.0455. The molecule has 2 aromatic heterocycles. The summed E-state index contributed by atoms with van der Waals surface area (Å²) in [5.74, 6) is 0.217. The number of benzene rings is 2. The maximum absolute atomic E-state index is 12.9. The van der Waals surface area contributed by atoms with Crippen LogP contribution in [0.4, 0.5) is 17.2 Å². The first kappa shape index (κ1) is 21.2. The molecule has 0 saturated carbocycles. The molecule has 4 aromatic rings. The van der Waals surface area contributed by atoms with E-state index >= 15 is 0 Å². The Kier molecular flexibility index (Phi) is 5.97. The topological polar surface area (TPSA) is 122 Å². The summed E-state index contributed by atoms with van der Waals surface area (Å²) in [5.41, 5.74) is 0.515. The zero-order chi connectivity index (χ0) is 22.7. The van der Waals surface area contributed by atoms with E-state index in [9.17, 15) is 18.4 Å². The zero-order valence-corrected chi connectivity index (χ0v) is 17.5. The number of nitrogens with zero attached hydrogens (tertiary/aromatic N) is 2. The van der Waals surface area contributed by atoms with Gasteiger partial charge in [-0.25, -0.2) is 18.3 Å². The van der Waals surface area contributed by atoms with Crippen LogP contribution in [0.25, 0.3) is 11.0 Å². The number of methoxy groups -OCH3 is 1. The first-order valence-corrected chi connectivity index (χ1v) is 10.4. The maximum Gasteiger partial charge on any atom is 0.336 e. The summed E-state index contributed by atoms with van der Waals surface area (Å²) in [4.78, 5) is 28.6. The highest BCUT2D eigenvalue weighted by Gasteiger charge is 2.18. The third-order valence-corrected chi connectivity index (χ3v) is 5.28. The lowest BCUT2D eigenvalue weighted by Crippen LogP contribution is -2.21. The van der Waals surface area contributed by atoms with Gasteiger partial charge >= 0.3 is 5.63 Å². The highest BCUT2D eigenvalue weighted by molar-refractivity contribution is 7.81. The fourth-order valence-electron chi connectivity index (χ4n) is 3.10. The molecule has 2 N–H and O–H groups in total. The average molecular weight is 451 g/mol. The minimum absolute atomic E-state index is 0.137. The SMILES string of the molecule is COc1ccc(N(c2cc(NC(=O)c3cccc4ccc(=O)oc34)ccn2)S(=O)O)cc1. The molecule has 32 heavy (non-hydrogen) atoms. The molecule has 1 atom stereocenters. The number of carbonyl (C=O) groups excluding carboxylic acids is 1. The predicted octanol–water partition coefficient (Wildman–Crippen LogP) is 3.72. The number of carbonyl (C=O) groups is 1. The molecule has 2 heterocycles. The van der Waals surface area contributed by atoms with Crippen LogP contribution in [0.1, 0.15) is 10.4 Å². The monoisotopic (exact) mass is 451 g/mol. The van der Waals surface area contributed by atoms with Gasteiger partial charge in [0.25, 0.3) is 17.2 Å². The lowest BCUT2D eigenvalue weighted by atomic mass is 10.1. The number of para-hydroxylation sites is 1. The van der Waals surface area contributed by atoms with Crippen LogP contribution < -0.4 is 20.0 Å². The van der Waals surface area contributed by atoms with E-state index < -0.39 is 22.8 Å². The highest BCUT2D eigenvalue weighted by atomic mass is 32.2. The fourth-order valence-corrected chi connectivity index (χ4v) is 3.66. The van der Waals surface area contributed by atoms with E-state index in [1.54, 1.807) is 42.5 Å². The molecule has 4 rings (SSSR count). The van der Waals surface area contributed by atoms with Crippen molar-refractivity contribution in [3.63, 3.8) is 0 Å². The summed E-state index contributed by atoms with van der Waals surface area (Å²) in [7, 11) is 1.52. The molecule has 2 aromatic carbocycles. The number of pyridine rings is 1. The summed E-state index contributed by atoms with van der Waals surface area (Å²) in [5, 5.41) is 3.31. The smallest absolute Gasteiger partial charge is 0.336 e. The molecule has 162 valence electrons. The Morgan fingerprint density at radius 3 is 2.62 bits per heavy atom. The number of fused-ring (bicyclic) bond motifs is 1. The number of anilines is 3. The van der Waals surface area contributed by atoms with Crippen molar-refractivity contribution in [1.29, 1.82) is 0 Å². The van der Waals surface area contributed by atoms with Gasteiger partial charge in [-0.3, -0.25) is 9.35 Å². The molecule has 0 spiro atoms. The van der Waals surface area contributed by atoms with E-state index in [-0.39, 0.29) is 17.0 Å². The number of rotatable bonds is 6. The molecule has 0 aliphatic carbocycles. The largest absolute Gasteiger partial charge is 0.497 e. The molecule has 0 fully saturated rings. The van der Waals surface area contributed by atoms with E-state index in [1.807, 2.05) is 0 Å². The Hall–Kier alpha value is -4.02. The lowest BCUT2D eigenvalue weighted by Gasteiger charge is -2.19. The Morgan fingerprint density at radius 1 is 1.12 bits per heavy atom. The van der Waals surface area contributed by atoms with Gasteiger partial charge in [-0.05, 0) is 42.5 Å². The second kappa shape index (κ2) is 9.00. The van der Waals surface area contributed by atoms with Crippen molar-refractivity contribution in [2.24, 2.45) is 0 Å². The van der Waals surface area contributed by atoms with E-state index in [2.05, 4.69) is 10.3 Å². The van der Waals surface area contributed by atoms with Crippen LogP contribution in [-0.4, -0.2) is 26.8 Å². The summed E-state index contributed by atoms with van der Waals surface area (Å²) in [6.45, 7) is 0. The van der Waals surface area contributed by atoms with Crippen LogP contribution in [-0.2, 0) is 11.3 Å². The van der Waals surface area contributed by atoms with Crippen molar-refractivity contribution in [1.82, 2.24) is 4.98 Å². The lowest BCUT2D eigenvalue weighted by molar-refractivity contribution is 0.102.